The molecule has 6 nitrogen and oxygen atoms in total. The molecule has 6 heteroatoms. The summed E-state index contributed by atoms with van der Waals surface area (Å²) in [6.07, 6.45) is 5.28. The molecule has 0 radical (unpaired) electrons. The molecule has 124 valence electrons. The summed E-state index contributed by atoms with van der Waals surface area (Å²) >= 11 is 0. The predicted molar refractivity (Wildman–Crippen MR) is 85.7 cm³/mol. The highest BCUT2D eigenvalue weighted by Gasteiger charge is 2.48. The van der Waals surface area contributed by atoms with E-state index in [2.05, 4.69) is 17.1 Å². The van der Waals surface area contributed by atoms with Crippen LogP contribution in [0.1, 0.15) is 56.7 Å². The molecule has 2 aliphatic rings. The molecule has 0 N–H and O–H groups in total. The highest BCUT2D eigenvalue weighted by atomic mass is 16.5. The highest BCUT2D eigenvalue weighted by Crippen LogP contribution is 2.47. The zero-order valence-corrected chi connectivity index (χ0v) is 14.0. The summed E-state index contributed by atoms with van der Waals surface area (Å²) in [5, 5.41) is 18.4. The van der Waals surface area contributed by atoms with Gasteiger partial charge in [-0.1, -0.05) is 13.8 Å². The number of nitrogens with zero attached hydrogens (tertiary/aromatic N) is 4. The molecule has 1 aromatic heterocycles. The first-order valence-electron chi connectivity index (χ1n) is 8.32. The van der Waals surface area contributed by atoms with Crippen molar-refractivity contribution in [3.05, 3.63) is 23.5 Å². The van der Waals surface area contributed by atoms with Crippen LogP contribution in [-0.2, 0) is 4.79 Å². The molecular formula is C18H20N4O2. The van der Waals surface area contributed by atoms with E-state index in [0.717, 1.165) is 5.56 Å². The van der Waals surface area contributed by atoms with Crippen molar-refractivity contribution in [1.82, 2.24) is 9.88 Å². The van der Waals surface area contributed by atoms with Gasteiger partial charge in [-0.3, -0.25) is 9.78 Å². The second-order valence-corrected chi connectivity index (χ2v) is 6.49. The zero-order valence-electron chi connectivity index (χ0n) is 14.0. The monoisotopic (exact) mass is 324 g/mol. The molecule has 2 bridgehead atoms. The van der Waals surface area contributed by atoms with Gasteiger partial charge in [0.2, 0.25) is 5.91 Å². The number of pyridine rings is 1. The minimum atomic E-state index is -0.646. The fraction of sp³-hybridized carbons (Fsp3) is 0.556. The number of hydrogen-bond acceptors (Lipinski definition) is 5. The first-order chi connectivity index (χ1) is 11.6. The van der Waals surface area contributed by atoms with E-state index in [9.17, 15) is 15.3 Å². The Kier molecular flexibility index (Phi) is 4.15. The van der Waals surface area contributed by atoms with Crippen LogP contribution in [0.3, 0.4) is 0 Å². The molecule has 1 amide bonds. The van der Waals surface area contributed by atoms with Gasteiger partial charge >= 0.3 is 0 Å². The van der Waals surface area contributed by atoms with Crippen LogP contribution in [0, 0.1) is 28.1 Å². The molecule has 1 fully saturated rings. The molecule has 1 aromatic rings. The average molecular weight is 324 g/mol. The Morgan fingerprint density at radius 1 is 1.42 bits per heavy atom. The maximum atomic E-state index is 13.3. The van der Waals surface area contributed by atoms with Crippen LogP contribution in [0.5, 0.6) is 5.75 Å². The molecule has 0 spiro atoms. The normalized spacial score (nSPS) is 21.4. The Hall–Kier alpha value is -2.60. The number of likely N-dealkylation sites (tertiary alicyclic amines) is 1. The van der Waals surface area contributed by atoms with Crippen molar-refractivity contribution < 1.29 is 9.53 Å². The maximum Gasteiger partial charge on any atom is 0.230 e. The Balaban J connectivity index is 1.99. The van der Waals surface area contributed by atoms with Gasteiger partial charge in [-0.2, -0.15) is 10.5 Å². The molecular weight excluding hydrogens is 304 g/mol. The third kappa shape index (κ3) is 2.30. The van der Waals surface area contributed by atoms with Crippen molar-refractivity contribution in [2.75, 3.05) is 6.54 Å². The summed E-state index contributed by atoms with van der Waals surface area (Å²) in [5.74, 6) is 0.572. The quantitative estimate of drug-likeness (QED) is 0.849. The average Bonchev–Trinajstić information content (AvgIpc) is 2.96. The van der Waals surface area contributed by atoms with Crippen LogP contribution in [0.25, 0.3) is 0 Å². The van der Waals surface area contributed by atoms with E-state index in [1.807, 2.05) is 18.7 Å². The summed E-state index contributed by atoms with van der Waals surface area (Å²) < 4.78 is 5.94. The molecule has 3 rings (SSSR count). The van der Waals surface area contributed by atoms with Gasteiger partial charge in [0, 0.05) is 30.8 Å². The number of rotatable bonds is 4. The van der Waals surface area contributed by atoms with Gasteiger partial charge in [-0.15, -0.1) is 0 Å². The van der Waals surface area contributed by atoms with Gasteiger partial charge in [0.1, 0.15) is 23.5 Å². The van der Waals surface area contributed by atoms with E-state index >= 15 is 0 Å². The number of amides is 1. The van der Waals surface area contributed by atoms with E-state index in [1.165, 1.54) is 6.20 Å². The second kappa shape index (κ2) is 6.13. The number of aromatic nitrogens is 1. The van der Waals surface area contributed by atoms with E-state index in [-0.39, 0.29) is 24.5 Å². The molecule has 2 atom stereocenters. The number of carbonyl (C=O) groups excluding carboxylic acids is 1. The van der Waals surface area contributed by atoms with Crippen LogP contribution in [0.4, 0.5) is 0 Å². The van der Waals surface area contributed by atoms with Gasteiger partial charge in [0.25, 0.3) is 0 Å². The van der Waals surface area contributed by atoms with E-state index < -0.39 is 5.41 Å². The number of ether oxygens (including phenoxy) is 1. The zero-order chi connectivity index (χ0) is 17.3. The molecule has 0 aromatic carbocycles. The minimum Gasteiger partial charge on any atom is -0.487 e. The Labute approximate surface area is 141 Å². The van der Waals surface area contributed by atoms with Gasteiger partial charge < -0.3 is 9.64 Å². The lowest BCUT2D eigenvalue weighted by Crippen LogP contribution is -2.43. The Bertz CT molecular complexity index is 742. The Morgan fingerprint density at radius 3 is 2.79 bits per heavy atom. The van der Waals surface area contributed by atoms with Crippen LogP contribution < -0.4 is 4.74 Å². The number of fused-ring (bicyclic) bond motifs is 4. The van der Waals surface area contributed by atoms with E-state index in [1.54, 1.807) is 6.20 Å². The molecule has 0 aliphatic carbocycles. The van der Waals surface area contributed by atoms with E-state index in [0.29, 0.717) is 37.1 Å². The fourth-order valence-corrected chi connectivity index (χ4v) is 3.82. The first-order valence-corrected chi connectivity index (χ1v) is 8.32. The third-order valence-corrected chi connectivity index (χ3v) is 5.44. The predicted octanol–water partition coefficient (Wildman–Crippen LogP) is 2.71. The molecule has 0 saturated carbocycles. The standard InChI is InChI=1S/C18H20N4O2/c1-3-18(4-2,5-6-19)17(23)22-11-13-7-15(22)14-10-21-9-12(8-20)16(14)24-13/h9-10,13,15H,3-5,7,11H2,1-2H3/t13-,15-/m0/s1. The lowest BCUT2D eigenvalue weighted by atomic mass is 9.78. The summed E-state index contributed by atoms with van der Waals surface area (Å²) in [5.41, 5.74) is 0.562. The lowest BCUT2D eigenvalue weighted by molar-refractivity contribution is -0.143. The summed E-state index contributed by atoms with van der Waals surface area (Å²) in [7, 11) is 0. The summed E-state index contributed by atoms with van der Waals surface area (Å²) in [6.45, 7) is 4.41. The lowest BCUT2D eigenvalue weighted by Gasteiger charge is -2.35. The van der Waals surface area contributed by atoms with Crippen molar-refractivity contribution in [3.63, 3.8) is 0 Å². The number of hydrogen-bond donors (Lipinski definition) is 0. The molecule has 2 aliphatic heterocycles. The van der Waals surface area contributed by atoms with Crippen LogP contribution in [0.15, 0.2) is 12.4 Å². The van der Waals surface area contributed by atoms with Crippen molar-refractivity contribution in [2.45, 2.75) is 51.7 Å². The fourth-order valence-electron chi connectivity index (χ4n) is 3.82. The van der Waals surface area contributed by atoms with Gasteiger partial charge in [0.05, 0.1) is 24.1 Å². The van der Waals surface area contributed by atoms with Gasteiger partial charge in [0.15, 0.2) is 0 Å². The summed E-state index contributed by atoms with van der Waals surface area (Å²) in [4.78, 5) is 19.2. The van der Waals surface area contributed by atoms with Crippen molar-refractivity contribution >= 4 is 5.91 Å². The smallest absolute Gasteiger partial charge is 0.230 e. The van der Waals surface area contributed by atoms with Crippen molar-refractivity contribution in [3.8, 4) is 17.9 Å². The van der Waals surface area contributed by atoms with Crippen LogP contribution in [-0.4, -0.2) is 28.4 Å². The minimum absolute atomic E-state index is 0.0142. The molecule has 3 heterocycles. The molecule has 24 heavy (non-hydrogen) atoms. The third-order valence-electron chi connectivity index (χ3n) is 5.44. The van der Waals surface area contributed by atoms with Gasteiger partial charge in [-0.25, -0.2) is 0 Å². The Morgan fingerprint density at radius 2 is 2.17 bits per heavy atom. The van der Waals surface area contributed by atoms with Crippen LogP contribution in [0.2, 0.25) is 0 Å². The largest absolute Gasteiger partial charge is 0.487 e. The topological polar surface area (TPSA) is 90.0 Å². The maximum absolute atomic E-state index is 13.3. The molecule has 0 unspecified atom stereocenters. The van der Waals surface area contributed by atoms with Crippen molar-refractivity contribution in [2.24, 2.45) is 5.41 Å². The number of carbonyl (C=O) groups is 1. The van der Waals surface area contributed by atoms with Crippen LogP contribution >= 0.6 is 0 Å². The number of nitriles is 2. The molecule has 1 saturated heterocycles. The van der Waals surface area contributed by atoms with Crippen molar-refractivity contribution in [1.29, 1.82) is 10.5 Å². The van der Waals surface area contributed by atoms with Gasteiger partial charge in [-0.05, 0) is 12.8 Å². The second-order valence-electron chi connectivity index (χ2n) is 6.49. The highest BCUT2D eigenvalue weighted by molar-refractivity contribution is 5.84. The summed E-state index contributed by atoms with van der Waals surface area (Å²) in [6, 6.07) is 4.16. The SMILES string of the molecule is CCC(CC)(CC#N)C(=O)N1C[C@@H]2C[C@H]1c1cncc(C#N)c1O2. The first kappa shape index (κ1) is 16.3. The van der Waals surface area contributed by atoms with E-state index in [4.69, 9.17) is 4.74 Å².